The van der Waals surface area contributed by atoms with Crippen LogP contribution in [0.2, 0.25) is 0 Å². The Labute approximate surface area is 146 Å². The molecule has 0 spiro atoms. The number of carbonyl (C=O) groups is 2. The fraction of sp³-hybridized carbons (Fsp3) is 0.263. The van der Waals surface area contributed by atoms with Gasteiger partial charge in [-0.15, -0.1) is 0 Å². The summed E-state index contributed by atoms with van der Waals surface area (Å²) in [6.45, 7) is 1.03. The topological polar surface area (TPSA) is 61.4 Å². The second kappa shape index (κ2) is 8.94. The first-order chi connectivity index (χ1) is 12.0. The largest absolute Gasteiger partial charge is 0.350 e. The Hall–Kier alpha value is -2.73. The number of carbonyl (C=O) groups excluding carboxylic acids is 2. The molecule has 0 aliphatic heterocycles. The number of rotatable bonds is 7. The zero-order chi connectivity index (χ0) is 18.2. The molecule has 2 N–H and O–H groups in total. The third-order valence-electron chi connectivity index (χ3n) is 3.54. The fourth-order valence-electron chi connectivity index (χ4n) is 2.29. The van der Waals surface area contributed by atoms with E-state index in [1.807, 2.05) is 38.4 Å². The molecule has 2 rings (SSSR count). The van der Waals surface area contributed by atoms with E-state index in [9.17, 15) is 14.0 Å². The van der Waals surface area contributed by atoms with Gasteiger partial charge in [0.15, 0.2) is 0 Å². The maximum atomic E-state index is 13.5. The molecule has 5 nitrogen and oxygen atoms in total. The molecule has 25 heavy (non-hydrogen) atoms. The molecule has 2 amide bonds. The van der Waals surface area contributed by atoms with E-state index < -0.39 is 11.7 Å². The van der Waals surface area contributed by atoms with Gasteiger partial charge in [0.2, 0.25) is 5.91 Å². The summed E-state index contributed by atoms with van der Waals surface area (Å²) in [7, 11) is 4.01. The lowest BCUT2D eigenvalue weighted by Crippen LogP contribution is -2.36. The van der Waals surface area contributed by atoms with Crippen molar-refractivity contribution in [2.24, 2.45) is 0 Å². The van der Waals surface area contributed by atoms with Crippen LogP contribution in [0.5, 0.6) is 0 Å². The molecule has 0 aliphatic carbocycles. The van der Waals surface area contributed by atoms with Crippen LogP contribution in [0, 0.1) is 5.82 Å². The molecule has 0 unspecified atom stereocenters. The van der Waals surface area contributed by atoms with Crippen molar-refractivity contribution in [3.8, 4) is 0 Å². The molecular formula is C19H22FN3O2. The Morgan fingerprint density at radius 2 is 1.60 bits per heavy atom. The molecule has 0 atom stereocenters. The number of halogens is 1. The van der Waals surface area contributed by atoms with Crippen LogP contribution in [0.15, 0.2) is 48.5 Å². The number of hydrogen-bond acceptors (Lipinski definition) is 3. The second-order valence-corrected chi connectivity index (χ2v) is 5.99. The molecule has 2 aromatic carbocycles. The van der Waals surface area contributed by atoms with Gasteiger partial charge in [0.05, 0.1) is 12.1 Å². The van der Waals surface area contributed by atoms with Crippen LogP contribution >= 0.6 is 0 Å². The van der Waals surface area contributed by atoms with E-state index in [0.717, 1.165) is 12.1 Å². The summed E-state index contributed by atoms with van der Waals surface area (Å²) in [5.41, 5.74) is 2.08. The predicted molar refractivity (Wildman–Crippen MR) is 94.4 cm³/mol. The Balaban J connectivity index is 1.77. The van der Waals surface area contributed by atoms with Crippen molar-refractivity contribution in [3.05, 3.63) is 71.0 Å². The molecular weight excluding hydrogens is 321 g/mol. The predicted octanol–water partition coefficient (Wildman–Crippen LogP) is 1.93. The van der Waals surface area contributed by atoms with Crippen LogP contribution < -0.4 is 10.6 Å². The van der Waals surface area contributed by atoms with Crippen molar-refractivity contribution >= 4 is 11.8 Å². The highest BCUT2D eigenvalue weighted by molar-refractivity contribution is 5.96. The first kappa shape index (κ1) is 18.6. The van der Waals surface area contributed by atoms with Crippen LogP contribution in [0.1, 0.15) is 21.5 Å². The van der Waals surface area contributed by atoms with E-state index in [0.29, 0.717) is 6.54 Å². The number of nitrogens with one attached hydrogen (secondary N) is 2. The van der Waals surface area contributed by atoms with Crippen LogP contribution in [-0.4, -0.2) is 37.4 Å². The van der Waals surface area contributed by atoms with Gasteiger partial charge in [-0.05, 0) is 37.4 Å². The SMILES string of the molecule is CN(C)Cc1ccc(CNC(=O)CNC(=O)c2ccccc2F)cc1. The number of nitrogens with zero attached hydrogens (tertiary/aromatic N) is 1. The van der Waals surface area contributed by atoms with Crippen molar-refractivity contribution in [1.29, 1.82) is 0 Å². The van der Waals surface area contributed by atoms with Crippen LogP contribution in [0.3, 0.4) is 0 Å². The number of benzene rings is 2. The summed E-state index contributed by atoms with van der Waals surface area (Å²) in [6.07, 6.45) is 0. The molecule has 0 heterocycles. The van der Waals surface area contributed by atoms with Crippen molar-refractivity contribution < 1.29 is 14.0 Å². The van der Waals surface area contributed by atoms with Crippen LogP contribution in [0.25, 0.3) is 0 Å². The van der Waals surface area contributed by atoms with Gasteiger partial charge in [0.1, 0.15) is 5.82 Å². The monoisotopic (exact) mass is 343 g/mol. The zero-order valence-electron chi connectivity index (χ0n) is 14.4. The molecule has 2 aromatic rings. The molecule has 0 aromatic heterocycles. The maximum Gasteiger partial charge on any atom is 0.254 e. The fourth-order valence-corrected chi connectivity index (χ4v) is 2.29. The lowest BCUT2D eigenvalue weighted by molar-refractivity contribution is -0.120. The first-order valence-corrected chi connectivity index (χ1v) is 7.97. The maximum absolute atomic E-state index is 13.5. The Morgan fingerprint density at radius 1 is 0.960 bits per heavy atom. The van der Waals surface area contributed by atoms with E-state index in [1.165, 1.54) is 23.8 Å². The molecule has 0 bridgehead atoms. The molecule has 0 aliphatic rings. The molecule has 0 saturated heterocycles. The molecule has 132 valence electrons. The summed E-state index contributed by atoms with van der Waals surface area (Å²) in [4.78, 5) is 25.7. The zero-order valence-corrected chi connectivity index (χ0v) is 14.4. The molecule has 0 saturated carbocycles. The Morgan fingerprint density at radius 3 is 2.24 bits per heavy atom. The van der Waals surface area contributed by atoms with Gasteiger partial charge in [-0.25, -0.2) is 4.39 Å². The van der Waals surface area contributed by atoms with Crippen molar-refractivity contribution in [3.63, 3.8) is 0 Å². The van der Waals surface area contributed by atoms with Gasteiger partial charge in [0.25, 0.3) is 5.91 Å². The summed E-state index contributed by atoms with van der Waals surface area (Å²) in [5, 5.41) is 5.13. The smallest absolute Gasteiger partial charge is 0.254 e. The Kier molecular flexibility index (Phi) is 6.65. The van der Waals surface area contributed by atoms with Crippen molar-refractivity contribution in [2.45, 2.75) is 13.1 Å². The van der Waals surface area contributed by atoms with E-state index >= 15 is 0 Å². The van der Waals surface area contributed by atoms with E-state index in [4.69, 9.17) is 0 Å². The molecule has 6 heteroatoms. The minimum absolute atomic E-state index is 0.0771. The highest BCUT2D eigenvalue weighted by Gasteiger charge is 2.11. The molecule has 0 radical (unpaired) electrons. The van der Waals surface area contributed by atoms with E-state index in [1.54, 1.807) is 6.07 Å². The average molecular weight is 343 g/mol. The lowest BCUT2D eigenvalue weighted by Gasteiger charge is -2.11. The van der Waals surface area contributed by atoms with Gasteiger partial charge < -0.3 is 15.5 Å². The summed E-state index contributed by atoms with van der Waals surface area (Å²) < 4.78 is 13.5. The van der Waals surface area contributed by atoms with E-state index in [2.05, 4.69) is 15.5 Å². The van der Waals surface area contributed by atoms with Gasteiger partial charge >= 0.3 is 0 Å². The first-order valence-electron chi connectivity index (χ1n) is 7.97. The van der Waals surface area contributed by atoms with Gasteiger partial charge in [-0.1, -0.05) is 36.4 Å². The highest BCUT2D eigenvalue weighted by Crippen LogP contribution is 2.06. The number of hydrogen-bond donors (Lipinski definition) is 2. The standard InChI is InChI=1S/C19H22FN3O2/c1-23(2)13-15-9-7-14(8-10-15)11-21-18(24)12-22-19(25)16-5-3-4-6-17(16)20/h3-10H,11-13H2,1-2H3,(H,21,24)(H,22,25). The third kappa shape index (κ3) is 6.00. The van der Waals surface area contributed by atoms with Gasteiger partial charge in [0, 0.05) is 13.1 Å². The highest BCUT2D eigenvalue weighted by atomic mass is 19.1. The minimum Gasteiger partial charge on any atom is -0.350 e. The summed E-state index contributed by atoms with van der Waals surface area (Å²) >= 11 is 0. The average Bonchev–Trinajstić information content (AvgIpc) is 2.59. The quantitative estimate of drug-likeness (QED) is 0.808. The summed E-state index contributed by atoms with van der Waals surface area (Å²) in [6, 6.07) is 13.6. The second-order valence-electron chi connectivity index (χ2n) is 5.99. The lowest BCUT2D eigenvalue weighted by atomic mass is 10.1. The summed E-state index contributed by atoms with van der Waals surface area (Å²) in [5.74, 6) is -1.55. The van der Waals surface area contributed by atoms with Crippen LogP contribution in [0.4, 0.5) is 4.39 Å². The normalized spacial score (nSPS) is 10.6. The number of amides is 2. The van der Waals surface area contributed by atoms with Gasteiger partial charge in [-0.2, -0.15) is 0 Å². The van der Waals surface area contributed by atoms with Crippen molar-refractivity contribution in [1.82, 2.24) is 15.5 Å². The Bertz CT molecular complexity index is 730. The van der Waals surface area contributed by atoms with Gasteiger partial charge in [-0.3, -0.25) is 9.59 Å². The van der Waals surface area contributed by atoms with E-state index in [-0.39, 0.29) is 18.0 Å². The van der Waals surface area contributed by atoms with Crippen molar-refractivity contribution in [2.75, 3.05) is 20.6 Å². The molecule has 0 fully saturated rings. The van der Waals surface area contributed by atoms with Crippen LogP contribution in [-0.2, 0) is 17.9 Å². The third-order valence-corrected chi connectivity index (χ3v) is 3.54. The minimum atomic E-state index is -0.613.